The molecule has 0 spiro atoms. The van der Waals surface area contributed by atoms with Gasteiger partial charge in [-0.1, -0.05) is 35.4 Å². The average Bonchev–Trinajstić information content (AvgIpc) is 2.62. The Morgan fingerprint density at radius 3 is 2.65 bits per heavy atom. The molecule has 26 heavy (non-hydrogen) atoms. The predicted molar refractivity (Wildman–Crippen MR) is 105 cm³/mol. The van der Waals surface area contributed by atoms with E-state index in [1.165, 1.54) is 16.7 Å². The van der Waals surface area contributed by atoms with Crippen molar-refractivity contribution in [2.45, 2.75) is 45.6 Å². The van der Waals surface area contributed by atoms with Gasteiger partial charge in [0, 0.05) is 38.5 Å². The Morgan fingerprint density at radius 2 is 2.00 bits per heavy atom. The fraction of sp³-hybridized carbons (Fsp3) is 0.429. The molecule has 0 saturated carbocycles. The van der Waals surface area contributed by atoms with Crippen LogP contribution < -0.4 is 4.90 Å². The van der Waals surface area contributed by atoms with Gasteiger partial charge in [0.05, 0.1) is 5.02 Å². The molecule has 2 heterocycles. The topological polar surface area (TPSA) is 42.4 Å². The summed E-state index contributed by atoms with van der Waals surface area (Å²) >= 11 is 5.88. The fourth-order valence-corrected chi connectivity index (χ4v) is 3.48. The summed E-state index contributed by atoms with van der Waals surface area (Å²) in [5.74, 6) is 0.821. The van der Waals surface area contributed by atoms with Crippen LogP contribution in [0.25, 0.3) is 0 Å². The molecule has 0 radical (unpaired) electrons. The molecule has 1 fully saturated rings. The molecular formula is C21H25ClN2O2. The van der Waals surface area contributed by atoms with E-state index in [-0.39, 0.29) is 12.1 Å². The van der Waals surface area contributed by atoms with Crippen LogP contribution in [0.4, 0.5) is 5.82 Å². The van der Waals surface area contributed by atoms with Crippen molar-refractivity contribution in [1.82, 2.24) is 4.98 Å². The third kappa shape index (κ3) is 4.98. The number of nitrogens with zero attached hydrogens (tertiary/aromatic N) is 2. The number of hydrogen-bond donors (Lipinski definition) is 0. The lowest BCUT2D eigenvalue weighted by molar-refractivity contribution is -0.149. The number of esters is 1. The van der Waals surface area contributed by atoms with Gasteiger partial charge in [0.2, 0.25) is 0 Å². The van der Waals surface area contributed by atoms with Gasteiger partial charge in [-0.15, -0.1) is 0 Å². The Morgan fingerprint density at radius 1 is 1.23 bits per heavy atom. The summed E-state index contributed by atoms with van der Waals surface area (Å²) in [7, 11) is 0. The van der Waals surface area contributed by atoms with Gasteiger partial charge in [0.15, 0.2) is 0 Å². The summed E-state index contributed by atoms with van der Waals surface area (Å²) in [5, 5.41) is 0.640. The fourth-order valence-electron chi connectivity index (χ4n) is 3.37. The van der Waals surface area contributed by atoms with Gasteiger partial charge >= 0.3 is 5.97 Å². The number of carbonyl (C=O) groups is 1. The molecule has 0 aliphatic carbocycles. The van der Waals surface area contributed by atoms with Crippen LogP contribution in [0.3, 0.4) is 0 Å². The van der Waals surface area contributed by atoms with E-state index in [1.807, 2.05) is 12.1 Å². The number of ether oxygens (including phenoxy) is 1. The Hall–Kier alpha value is -2.07. The smallest absolute Gasteiger partial charge is 0.306 e. The first-order chi connectivity index (χ1) is 12.5. The van der Waals surface area contributed by atoms with E-state index in [2.05, 4.69) is 41.9 Å². The molecule has 0 amide bonds. The molecule has 1 aliphatic rings. The lowest BCUT2D eigenvalue weighted by Crippen LogP contribution is -2.38. The quantitative estimate of drug-likeness (QED) is 0.725. The number of rotatable bonds is 5. The van der Waals surface area contributed by atoms with Crippen molar-refractivity contribution in [3.05, 3.63) is 58.2 Å². The van der Waals surface area contributed by atoms with Crippen molar-refractivity contribution in [2.24, 2.45) is 0 Å². The van der Waals surface area contributed by atoms with Crippen LogP contribution in [0.1, 0.15) is 36.0 Å². The summed E-state index contributed by atoms with van der Waals surface area (Å²) in [5.41, 5.74) is 3.70. The van der Waals surface area contributed by atoms with Crippen LogP contribution in [0.2, 0.25) is 5.02 Å². The van der Waals surface area contributed by atoms with E-state index in [0.29, 0.717) is 11.4 Å². The highest BCUT2D eigenvalue weighted by atomic mass is 35.5. The summed E-state index contributed by atoms with van der Waals surface area (Å²) in [6, 6.07) is 10.1. The SMILES string of the molecule is Cc1ccc(CCC(=O)OC2CCN(c3ccc(Cl)cn3)CC2)c(C)c1. The van der Waals surface area contributed by atoms with Crippen LogP contribution in [-0.4, -0.2) is 30.1 Å². The largest absolute Gasteiger partial charge is 0.462 e. The van der Waals surface area contributed by atoms with Crippen molar-refractivity contribution >= 4 is 23.4 Å². The highest BCUT2D eigenvalue weighted by Crippen LogP contribution is 2.21. The summed E-state index contributed by atoms with van der Waals surface area (Å²) in [6.45, 7) is 5.85. The summed E-state index contributed by atoms with van der Waals surface area (Å²) < 4.78 is 5.67. The Balaban J connectivity index is 1.43. The van der Waals surface area contributed by atoms with Crippen molar-refractivity contribution in [2.75, 3.05) is 18.0 Å². The normalized spacial score (nSPS) is 15.1. The predicted octanol–water partition coefficient (Wildman–Crippen LogP) is 4.50. The Bertz CT molecular complexity index is 753. The minimum Gasteiger partial charge on any atom is -0.462 e. The maximum atomic E-state index is 12.2. The zero-order chi connectivity index (χ0) is 18.5. The number of aryl methyl sites for hydroxylation is 3. The van der Waals surface area contributed by atoms with Crippen molar-refractivity contribution in [3.8, 4) is 0 Å². The molecule has 5 heteroatoms. The molecule has 138 valence electrons. The zero-order valence-electron chi connectivity index (χ0n) is 15.4. The summed E-state index contributed by atoms with van der Waals surface area (Å²) in [4.78, 5) is 18.7. The van der Waals surface area contributed by atoms with E-state index >= 15 is 0 Å². The van der Waals surface area contributed by atoms with E-state index in [1.54, 1.807) is 6.20 Å². The average molecular weight is 373 g/mol. The Labute approximate surface area is 160 Å². The molecule has 0 N–H and O–H groups in total. The van der Waals surface area contributed by atoms with Crippen LogP contribution in [0, 0.1) is 13.8 Å². The molecule has 2 aromatic rings. The number of hydrogen-bond acceptors (Lipinski definition) is 4. The standard InChI is InChI=1S/C21H25ClN2O2/c1-15-3-4-17(16(2)13-15)5-8-21(25)26-19-9-11-24(12-10-19)20-7-6-18(22)14-23-20/h3-4,6-7,13-14,19H,5,8-12H2,1-2H3. The number of anilines is 1. The van der Waals surface area contributed by atoms with Crippen LogP contribution >= 0.6 is 11.6 Å². The molecule has 0 bridgehead atoms. The van der Waals surface area contributed by atoms with Gasteiger partial charge in [-0.25, -0.2) is 4.98 Å². The van der Waals surface area contributed by atoms with E-state index in [0.717, 1.165) is 38.2 Å². The maximum absolute atomic E-state index is 12.2. The number of piperidine rings is 1. The Kier molecular flexibility index (Phi) is 6.15. The summed E-state index contributed by atoms with van der Waals surface area (Å²) in [6.07, 6.45) is 4.50. The zero-order valence-corrected chi connectivity index (χ0v) is 16.1. The second-order valence-electron chi connectivity index (χ2n) is 6.94. The molecule has 3 rings (SSSR count). The molecule has 0 unspecified atom stereocenters. The highest BCUT2D eigenvalue weighted by molar-refractivity contribution is 6.30. The molecule has 0 atom stereocenters. The van der Waals surface area contributed by atoms with Crippen molar-refractivity contribution < 1.29 is 9.53 Å². The van der Waals surface area contributed by atoms with Crippen molar-refractivity contribution in [3.63, 3.8) is 0 Å². The molecular weight excluding hydrogens is 348 g/mol. The van der Waals surface area contributed by atoms with Gasteiger partial charge in [-0.2, -0.15) is 0 Å². The van der Waals surface area contributed by atoms with Gasteiger partial charge in [-0.3, -0.25) is 4.79 Å². The number of halogens is 1. The minimum absolute atomic E-state index is 0.00478. The number of carbonyl (C=O) groups excluding carboxylic acids is 1. The van der Waals surface area contributed by atoms with E-state index < -0.39 is 0 Å². The number of aromatic nitrogens is 1. The molecule has 1 saturated heterocycles. The molecule has 1 aliphatic heterocycles. The number of pyridine rings is 1. The monoisotopic (exact) mass is 372 g/mol. The second kappa shape index (κ2) is 8.54. The maximum Gasteiger partial charge on any atom is 0.306 e. The first-order valence-electron chi connectivity index (χ1n) is 9.13. The minimum atomic E-state index is -0.104. The molecule has 4 nitrogen and oxygen atoms in total. The van der Waals surface area contributed by atoms with E-state index in [9.17, 15) is 4.79 Å². The third-order valence-electron chi connectivity index (χ3n) is 4.87. The molecule has 1 aromatic carbocycles. The third-order valence-corrected chi connectivity index (χ3v) is 5.10. The van der Waals surface area contributed by atoms with Crippen LogP contribution in [0.5, 0.6) is 0 Å². The number of benzene rings is 1. The van der Waals surface area contributed by atoms with Crippen molar-refractivity contribution in [1.29, 1.82) is 0 Å². The highest BCUT2D eigenvalue weighted by Gasteiger charge is 2.23. The van der Waals surface area contributed by atoms with E-state index in [4.69, 9.17) is 16.3 Å². The van der Waals surface area contributed by atoms with Gasteiger partial charge in [0.25, 0.3) is 0 Å². The second-order valence-corrected chi connectivity index (χ2v) is 7.38. The first-order valence-corrected chi connectivity index (χ1v) is 9.51. The van der Waals surface area contributed by atoms with Gasteiger partial charge in [0.1, 0.15) is 11.9 Å². The lowest BCUT2D eigenvalue weighted by Gasteiger charge is -2.32. The first kappa shape index (κ1) is 18.7. The lowest BCUT2D eigenvalue weighted by atomic mass is 10.0. The molecule has 1 aromatic heterocycles. The van der Waals surface area contributed by atoms with Gasteiger partial charge < -0.3 is 9.64 Å². The van der Waals surface area contributed by atoms with Crippen LogP contribution in [-0.2, 0) is 16.0 Å². The van der Waals surface area contributed by atoms with Crippen LogP contribution in [0.15, 0.2) is 36.5 Å². The van der Waals surface area contributed by atoms with Gasteiger partial charge in [-0.05, 0) is 43.5 Å².